The maximum atomic E-state index is 12.1. The van der Waals surface area contributed by atoms with Gasteiger partial charge in [-0.15, -0.1) is 0 Å². The molecule has 0 atom stereocenters. The first-order valence-electron chi connectivity index (χ1n) is 5.52. The Balaban J connectivity index is 4.89. The number of carbonyl (C=O) groups is 2. The lowest BCUT2D eigenvalue weighted by atomic mass is 10.1. The molecule has 0 saturated carbocycles. The first-order valence-corrected chi connectivity index (χ1v) is 5.52. The van der Waals surface area contributed by atoms with Crippen LogP contribution >= 0.6 is 0 Å². The zero-order valence-corrected chi connectivity index (χ0v) is 10.8. The lowest BCUT2D eigenvalue weighted by Crippen LogP contribution is -2.53. The van der Waals surface area contributed by atoms with Crippen molar-refractivity contribution in [3.63, 3.8) is 0 Å². The molecule has 1 N–H and O–H groups in total. The van der Waals surface area contributed by atoms with Crippen molar-refractivity contribution in [2.24, 2.45) is 0 Å². The number of rotatable bonds is 4. The number of urea groups is 1. The fraction of sp³-hybridized carbons (Fsp3) is 0.818. The summed E-state index contributed by atoms with van der Waals surface area (Å²) < 4.78 is 0. The largest absolute Gasteiger partial charge is 0.480 e. The fourth-order valence-electron chi connectivity index (χ4n) is 1.39. The number of carboxylic acids is 1. The number of carbonyl (C=O) groups excluding carboxylic acids is 1. The lowest BCUT2D eigenvalue weighted by Gasteiger charge is -2.37. The van der Waals surface area contributed by atoms with Gasteiger partial charge in [-0.25, -0.2) is 4.79 Å². The van der Waals surface area contributed by atoms with Crippen LogP contribution < -0.4 is 0 Å². The summed E-state index contributed by atoms with van der Waals surface area (Å²) in [6.45, 7) is 10.2. The molecule has 0 fully saturated rings. The number of amides is 2. The Bertz CT molecular complexity index is 254. The number of hydrogen-bond donors (Lipinski definition) is 1. The molecule has 16 heavy (non-hydrogen) atoms. The quantitative estimate of drug-likeness (QED) is 0.798. The van der Waals surface area contributed by atoms with E-state index in [0.29, 0.717) is 13.1 Å². The molecule has 0 spiro atoms. The number of hydrogen-bond acceptors (Lipinski definition) is 2. The Labute approximate surface area is 97.0 Å². The van der Waals surface area contributed by atoms with Crippen molar-refractivity contribution in [3.8, 4) is 0 Å². The molecule has 0 aliphatic heterocycles. The highest BCUT2D eigenvalue weighted by atomic mass is 16.4. The molecule has 0 aromatic heterocycles. The van der Waals surface area contributed by atoms with Gasteiger partial charge in [0.1, 0.15) is 6.54 Å². The fourth-order valence-corrected chi connectivity index (χ4v) is 1.39. The summed E-state index contributed by atoms with van der Waals surface area (Å²) in [7, 11) is 0. The SMILES string of the molecule is CCN(CC)C(=O)N(CC(=O)O)C(C)(C)C. The zero-order chi connectivity index (χ0) is 12.9. The van der Waals surface area contributed by atoms with Gasteiger partial charge in [0, 0.05) is 18.6 Å². The second-order valence-corrected chi connectivity index (χ2v) is 4.61. The highest BCUT2D eigenvalue weighted by molar-refractivity contribution is 5.80. The van der Waals surface area contributed by atoms with E-state index in [1.165, 1.54) is 4.90 Å². The molecule has 94 valence electrons. The molecule has 0 aromatic rings. The minimum Gasteiger partial charge on any atom is -0.480 e. The van der Waals surface area contributed by atoms with Gasteiger partial charge in [0.25, 0.3) is 0 Å². The van der Waals surface area contributed by atoms with Gasteiger partial charge >= 0.3 is 12.0 Å². The molecular weight excluding hydrogens is 208 g/mol. The topological polar surface area (TPSA) is 60.9 Å². The summed E-state index contributed by atoms with van der Waals surface area (Å²) in [5.41, 5.74) is -0.488. The van der Waals surface area contributed by atoms with Crippen LogP contribution in [0.5, 0.6) is 0 Å². The third kappa shape index (κ3) is 4.08. The minimum atomic E-state index is -0.990. The molecular formula is C11H22N2O3. The molecule has 0 heterocycles. The summed E-state index contributed by atoms with van der Waals surface area (Å²) in [5.74, 6) is -0.990. The van der Waals surface area contributed by atoms with Crippen molar-refractivity contribution in [1.82, 2.24) is 9.80 Å². The summed E-state index contributed by atoms with van der Waals surface area (Å²) in [6.07, 6.45) is 0. The maximum Gasteiger partial charge on any atom is 0.323 e. The van der Waals surface area contributed by atoms with E-state index in [0.717, 1.165) is 0 Å². The van der Waals surface area contributed by atoms with Crippen LogP contribution in [0.1, 0.15) is 34.6 Å². The van der Waals surface area contributed by atoms with Gasteiger partial charge in [-0.3, -0.25) is 4.79 Å². The first kappa shape index (κ1) is 14.7. The van der Waals surface area contributed by atoms with Crippen LogP contribution in [0.3, 0.4) is 0 Å². The molecule has 0 radical (unpaired) electrons. The van der Waals surface area contributed by atoms with Crippen LogP contribution in [-0.2, 0) is 4.79 Å². The lowest BCUT2D eigenvalue weighted by molar-refractivity contribution is -0.138. The number of carboxylic acid groups (broad SMARTS) is 1. The van der Waals surface area contributed by atoms with Crippen LogP contribution in [0.15, 0.2) is 0 Å². The molecule has 0 aliphatic rings. The van der Waals surface area contributed by atoms with Crippen molar-refractivity contribution in [2.75, 3.05) is 19.6 Å². The van der Waals surface area contributed by atoms with Gasteiger partial charge in [0.15, 0.2) is 0 Å². The molecule has 5 heteroatoms. The predicted molar refractivity (Wildman–Crippen MR) is 62.4 cm³/mol. The monoisotopic (exact) mass is 230 g/mol. The van der Waals surface area contributed by atoms with E-state index in [4.69, 9.17) is 5.11 Å². The molecule has 0 bridgehead atoms. The third-order valence-electron chi connectivity index (χ3n) is 2.37. The van der Waals surface area contributed by atoms with Crippen LogP contribution in [-0.4, -0.2) is 52.1 Å². The average molecular weight is 230 g/mol. The van der Waals surface area contributed by atoms with Crippen molar-refractivity contribution >= 4 is 12.0 Å². The van der Waals surface area contributed by atoms with Gasteiger partial charge < -0.3 is 14.9 Å². The van der Waals surface area contributed by atoms with Crippen LogP contribution in [0.2, 0.25) is 0 Å². The Morgan fingerprint density at radius 3 is 1.81 bits per heavy atom. The second kappa shape index (κ2) is 5.72. The Kier molecular flexibility index (Phi) is 5.27. The number of aliphatic carboxylic acids is 1. The highest BCUT2D eigenvalue weighted by Gasteiger charge is 2.30. The molecule has 0 unspecified atom stereocenters. The van der Waals surface area contributed by atoms with E-state index in [-0.39, 0.29) is 12.6 Å². The van der Waals surface area contributed by atoms with Crippen LogP contribution in [0.25, 0.3) is 0 Å². The van der Waals surface area contributed by atoms with Crippen molar-refractivity contribution in [1.29, 1.82) is 0 Å². The standard InChI is InChI=1S/C11H22N2O3/c1-6-12(7-2)10(16)13(8-9(14)15)11(3,4)5/h6-8H2,1-5H3,(H,14,15). The normalized spacial score (nSPS) is 11.1. The van der Waals surface area contributed by atoms with Crippen LogP contribution in [0.4, 0.5) is 4.79 Å². The van der Waals surface area contributed by atoms with Gasteiger partial charge in [0.2, 0.25) is 0 Å². The van der Waals surface area contributed by atoms with E-state index in [1.54, 1.807) is 4.90 Å². The molecule has 2 amide bonds. The van der Waals surface area contributed by atoms with Crippen molar-refractivity contribution in [2.45, 2.75) is 40.2 Å². The van der Waals surface area contributed by atoms with Gasteiger partial charge in [-0.05, 0) is 34.6 Å². The summed E-state index contributed by atoms with van der Waals surface area (Å²) in [6, 6.07) is -0.222. The average Bonchev–Trinajstić information content (AvgIpc) is 2.14. The van der Waals surface area contributed by atoms with E-state index >= 15 is 0 Å². The molecule has 0 saturated heterocycles. The third-order valence-corrected chi connectivity index (χ3v) is 2.37. The van der Waals surface area contributed by atoms with E-state index < -0.39 is 11.5 Å². The van der Waals surface area contributed by atoms with Gasteiger partial charge in [-0.1, -0.05) is 0 Å². The predicted octanol–water partition coefficient (Wildman–Crippen LogP) is 1.63. The summed E-state index contributed by atoms with van der Waals surface area (Å²) >= 11 is 0. The van der Waals surface area contributed by atoms with Crippen molar-refractivity contribution in [3.05, 3.63) is 0 Å². The van der Waals surface area contributed by atoms with Crippen molar-refractivity contribution < 1.29 is 14.7 Å². The zero-order valence-electron chi connectivity index (χ0n) is 10.8. The second-order valence-electron chi connectivity index (χ2n) is 4.61. The maximum absolute atomic E-state index is 12.1. The van der Waals surface area contributed by atoms with E-state index in [9.17, 15) is 9.59 Å². The van der Waals surface area contributed by atoms with Gasteiger partial charge in [0.05, 0.1) is 0 Å². The van der Waals surface area contributed by atoms with Crippen LogP contribution in [0, 0.1) is 0 Å². The smallest absolute Gasteiger partial charge is 0.323 e. The highest BCUT2D eigenvalue weighted by Crippen LogP contribution is 2.15. The van der Waals surface area contributed by atoms with Gasteiger partial charge in [-0.2, -0.15) is 0 Å². The van der Waals surface area contributed by atoms with E-state index in [1.807, 2.05) is 34.6 Å². The Morgan fingerprint density at radius 1 is 1.12 bits per heavy atom. The Morgan fingerprint density at radius 2 is 1.56 bits per heavy atom. The number of nitrogens with zero attached hydrogens (tertiary/aromatic N) is 2. The van der Waals surface area contributed by atoms with E-state index in [2.05, 4.69) is 0 Å². The molecule has 0 rings (SSSR count). The minimum absolute atomic E-state index is 0.222. The Hall–Kier alpha value is -1.26. The molecule has 5 nitrogen and oxygen atoms in total. The summed E-state index contributed by atoms with van der Waals surface area (Å²) in [4.78, 5) is 25.8. The summed E-state index contributed by atoms with van der Waals surface area (Å²) in [5, 5.41) is 8.81. The molecule has 0 aliphatic carbocycles. The molecule has 0 aromatic carbocycles. The first-order chi connectivity index (χ1) is 7.23.